The molecule has 2 aromatic carbocycles. The molecule has 0 aliphatic carbocycles. The van der Waals surface area contributed by atoms with Gasteiger partial charge >= 0.3 is 6.61 Å². The molecule has 0 amide bonds. The molecule has 8 nitrogen and oxygen atoms in total. The van der Waals surface area contributed by atoms with Crippen LogP contribution in [0.15, 0.2) is 48.8 Å². The summed E-state index contributed by atoms with van der Waals surface area (Å²) >= 11 is 0. The second-order valence-corrected chi connectivity index (χ2v) is 26.1. The number of aldehydes is 1. The Bertz CT molecular complexity index is 1840. The molecule has 4 aromatic rings. The van der Waals surface area contributed by atoms with E-state index in [9.17, 15) is 13.6 Å². The summed E-state index contributed by atoms with van der Waals surface area (Å²) in [4.78, 5) is 26.9. The van der Waals surface area contributed by atoms with Crippen molar-refractivity contribution in [1.82, 2.24) is 19.5 Å². The summed E-state index contributed by atoms with van der Waals surface area (Å²) < 4.78 is 48.0. The SMILES string of the molecule is CC(C)(O[Si](C)(C)C(C)(C)C)c1ncc(-c2ccc3nc4n(c3c2)[C@@H](c2c(C=O)cccc2OC(F)F)C[C@@H]4O[Si](C)(C)C(C)(C)C)cn1. The van der Waals surface area contributed by atoms with E-state index in [1.807, 2.05) is 36.6 Å². The topological polar surface area (TPSA) is 88.4 Å². The Morgan fingerprint density at radius 1 is 0.898 bits per heavy atom. The van der Waals surface area contributed by atoms with Gasteiger partial charge < -0.3 is 18.2 Å². The van der Waals surface area contributed by atoms with Gasteiger partial charge in [-0.25, -0.2) is 15.0 Å². The highest BCUT2D eigenvalue weighted by Gasteiger charge is 2.46. The van der Waals surface area contributed by atoms with E-state index in [1.54, 1.807) is 24.5 Å². The first-order valence-corrected chi connectivity index (χ1v) is 22.6. The lowest BCUT2D eigenvalue weighted by atomic mass is 9.97. The lowest BCUT2D eigenvalue weighted by molar-refractivity contribution is -0.0507. The van der Waals surface area contributed by atoms with E-state index in [4.69, 9.17) is 28.5 Å². The smallest absolute Gasteiger partial charge is 0.387 e. The van der Waals surface area contributed by atoms with Crippen molar-refractivity contribution in [2.75, 3.05) is 0 Å². The fourth-order valence-electron chi connectivity index (χ4n) is 5.98. The zero-order valence-corrected chi connectivity index (χ0v) is 32.8. The van der Waals surface area contributed by atoms with Crippen LogP contribution in [-0.2, 0) is 14.5 Å². The zero-order valence-electron chi connectivity index (χ0n) is 30.8. The molecule has 0 spiro atoms. The highest BCUT2D eigenvalue weighted by atomic mass is 28.4. The number of nitrogens with zero attached hydrogens (tertiary/aromatic N) is 4. The number of rotatable bonds is 10. The van der Waals surface area contributed by atoms with Gasteiger partial charge in [-0.2, -0.15) is 8.78 Å². The Kier molecular flexibility index (Phi) is 9.63. The van der Waals surface area contributed by atoms with Crippen LogP contribution < -0.4 is 4.74 Å². The van der Waals surface area contributed by atoms with Crippen LogP contribution in [0.5, 0.6) is 5.75 Å². The molecule has 0 saturated heterocycles. The number of hydrogen-bond acceptors (Lipinski definition) is 7. The molecule has 1 aliphatic rings. The van der Waals surface area contributed by atoms with Gasteiger partial charge in [0.1, 0.15) is 23.3 Å². The number of benzene rings is 2. The van der Waals surface area contributed by atoms with Gasteiger partial charge in [0.05, 0.1) is 17.1 Å². The van der Waals surface area contributed by atoms with E-state index in [1.165, 1.54) is 6.07 Å². The van der Waals surface area contributed by atoms with Crippen molar-refractivity contribution in [2.45, 2.75) is 122 Å². The molecule has 5 rings (SSSR count). The van der Waals surface area contributed by atoms with Gasteiger partial charge in [-0.3, -0.25) is 4.79 Å². The van der Waals surface area contributed by atoms with E-state index >= 15 is 0 Å². The third kappa shape index (κ3) is 7.15. The molecule has 0 radical (unpaired) electrons. The molecule has 0 fully saturated rings. The Labute approximate surface area is 290 Å². The van der Waals surface area contributed by atoms with Gasteiger partial charge in [0.2, 0.25) is 0 Å². The van der Waals surface area contributed by atoms with Crippen LogP contribution in [0.1, 0.15) is 102 Å². The van der Waals surface area contributed by atoms with Crippen LogP contribution in [-0.4, -0.2) is 49.1 Å². The number of carbonyl (C=O) groups is 1. The van der Waals surface area contributed by atoms with Gasteiger partial charge in [-0.15, -0.1) is 0 Å². The predicted octanol–water partition coefficient (Wildman–Crippen LogP) is 10.2. The largest absolute Gasteiger partial charge is 0.434 e. The minimum absolute atomic E-state index is 0.0342. The number of fused-ring (bicyclic) bond motifs is 3. The monoisotopic (exact) mass is 708 g/mol. The molecule has 0 bridgehead atoms. The maximum atomic E-state index is 13.7. The Balaban J connectivity index is 1.61. The number of imidazole rings is 1. The average Bonchev–Trinajstić information content (AvgIpc) is 3.52. The highest BCUT2D eigenvalue weighted by Crippen LogP contribution is 2.50. The normalized spacial score (nSPS) is 17.5. The number of ether oxygens (including phenoxy) is 1. The first kappa shape index (κ1) is 36.9. The van der Waals surface area contributed by atoms with E-state index < -0.39 is 41.0 Å². The van der Waals surface area contributed by atoms with Gasteiger partial charge in [-0.05, 0) is 73.9 Å². The summed E-state index contributed by atoms with van der Waals surface area (Å²) in [5.74, 6) is 1.27. The first-order valence-electron chi connectivity index (χ1n) is 16.8. The van der Waals surface area contributed by atoms with E-state index in [2.05, 4.69) is 67.7 Å². The fourth-order valence-corrected chi connectivity index (χ4v) is 8.92. The summed E-state index contributed by atoms with van der Waals surface area (Å²) in [6.07, 6.45) is 4.30. The number of aromatic nitrogens is 4. The summed E-state index contributed by atoms with van der Waals surface area (Å²) in [6, 6.07) is 10.1. The van der Waals surface area contributed by atoms with Crippen molar-refractivity contribution in [1.29, 1.82) is 0 Å². The number of hydrogen-bond donors (Lipinski definition) is 0. The highest BCUT2D eigenvalue weighted by molar-refractivity contribution is 6.74. The molecule has 264 valence electrons. The minimum Gasteiger partial charge on any atom is -0.434 e. The fraction of sp³-hybridized carbons (Fsp3) is 0.514. The maximum absolute atomic E-state index is 13.7. The van der Waals surface area contributed by atoms with Crippen molar-refractivity contribution in [3.05, 3.63) is 71.6 Å². The molecule has 49 heavy (non-hydrogen) atoms. The van der Waals surface area contributed by atoms with Crippen LogP contribution in [0.4, 0.5) is 8.78 Å². The summed E-state index contributed by atoms with van der Waals surface area (Å²) in [5, 5.41) is -0.0352. The average molecular weight is 709 g/mol. The molecule has 2 aromatic heterocycles. The van der Waals surface area contributed by atoms with Crippen molar-refractivity contribution >= 4 is 34.0 Å². The second kappa shape index (κ2) is 12.8. The lowest BCUT2D eigenvalue weighted by Crippen LogP contribution is -2.46. The molecule has 2 atom stereocenters. The van der Waals surface area contributed by atoms with Crippen LogP contribution >= 0.6 is 0 Å². The molecule has 0 N–H and O–H groups in total. The molecule has 12 heteroatoms. The van der Waals surface area contributed by atoms with Gasteiger partial charge in [0.25, 0.3) is 0 Å². The number of halogens is 2. The van der Waals surface area contributed by atoms with E-state index in [-0.39, 0.29) is 21.4 Å². The van der Waals surface area contributed by atoms with Crippen molar-refractivity contribution < 1.29 is 27.2 Å². The Morgan fingerprint density at radius 2 is 1.53 bits per heavy atom. The molecular weight excluding hydrogens is 659 g/mol. The van der Waals surface area contributed by atoms with Crippen LogP contribution in [0.3, 0.4) is 0 Å². The number of carbonyl (C=O) groups excluding carboxylic acids is 1. The summed E-state index contributed by atoms with van der Waals surface area (Å²) in [6.45, 7) is 22.9. The first-order chi connectivity index (χ1) is 22.6. The lowest BCUT2D eigenvalue weighted by Gasteiger charge is -2.42. The van der Waals surface area contributed by atoms with Crippen molar-refractivity contribution in [3.63, 3.8) is 0 Å². The van der Waals surface area contributed by atoms with E-state index in [0.717, 1.165) is 22.2 Å². The number of alkyl halides is 2. The second-order valence-electron chi connectivity index (χ2n) is 16.6. The Hall–Kier alpha value is -3.33. The quantitative estimate of drug-likeness (QED) is 0.120. The third-order valence-corrected chi connectivity index (χ3v) is 19.7. The van der Waals surface area contributed by atoms with Crippen LogP contribution in [0.25, 0.3) is 22.2 Å². The molecule has 3 heterocycles. The van der Waals surface area contributed by atoms with Gasteiger partial charge in [0, 0.05) is 35.5 Å². The van der Waals surface area contributed by atoms with Gasteiger partial charge in [0.15, 0.2) is 28.7 Å². The predicted molar refractivity (Wildman–Crippen MR) is 194 cm³/mol. The van der Waals surface area contributed by atoms with Gasteiger partial charge in [-0.1, -0.05) is 59.7 Å². The van der Waals surface area contributed by atoms with E-state index in [0.29, 0.717) is 29.9 Å². The zero-order chi connectivity index (χ0) is 36.3. The molecular formula is C37H50F2N4O4Si2. The summed E-state index contributed by atoms with van der Waals surface area (Å²) in [7, 11) is -4.38. The van der Waals surface area contributed by atoms with Crippen LogP contribution in [0, 0.1) is 0 Å². The minimum atomic E-state index is -3.05. The molecule has 0 unspecified atom stereocenters. The molecule has 1 aliphatic heterocycles. The molecule has 0 saturated carbocycles. The summed E-state index contributed by atoms with van der Waals surface area (Å²) in [5.41, 5.74) is 3.19. The van der Waals surface area contributed by atoms with Crippen LogP contribution in [0.2, 0.25) is 36.3 Å². The standard InChI is InChI=1S/C37H50F2N4O4Si2/c1-35(2,3)48(9,10)46-30-19-28(31-24(22-44)14-13-15-29(31)45-34(38)39)43-27-18-23(16-17-26(27)42-32(30)43)25-20-40-33(41-21-25)37(7,8)47-49(11,12)36(4,5)6/h13-18,20-22,28,30,34H,19H2,1-12H3/t28-,30+/m1/s1. The Morgan fingerprint density at radius 3 is 2.10 bits per heavy atom. The maximum Gasteiger partial charge on any atom is 0.387 e. The van der Waals surface area contributed by atoms with Crippen molar-refractivity contribution in [2.24, 2.45) is 0 Å². The van der Waals surface area contributed by atoms with Crippen molar-refractivity contribution in [3.8, 4) is 16.9 Å². The third-order valence-electron chi connectivity index (χ3n) is 10.6.